The lowest BCUT2D eigenvalue weighted by molar-refractivity contribution is -0.137. The summed E-state index contributed by atoms with van der Waals surface area (Å²) >= 11 is 0. The van der Waals surface area contributed by atoms with Gasteiger partial charge in [0, 0.05) is 25.0 Å². The summed E-state index contributed by atoms with van der Waals surface area (Å²) in [6.45, 7) is 7.27. The highest BCUT2D eigenvalue weighted by Gasteiger charge is 2.29. The Morgan fingerprint density at radius 2 is 1.71 bits per heavy atom. The molecule has 0 aliphatic carbocycles. The Morgan fingerprint density at radius 3 is 2.26 bits per heavy atom. The number of rotatable bonds is 5. The molecule has 0 bridgehead atoms. The average molecular weight is 486 g/mol. The van der Waals surface area contributed by atoms with E-state index in [0.717, 1.165) is 17.7 Å². The lowest BCUT2D eigenvalue weighted by Crippen LogP contribution is -2.34. The highest BCUT2D eigenvalue weighted by molar-refractivity contribution is 5.87. The Hall–Kier alpha value is -3.88. The molecule has 0 aliphatic heterocycles. The molecular weight excluding hydrogens is 459 g/mol. The van der Waals surface area contributed by atoms with E-state index in [0.29, 0.717) is 28.6 Å². The number of carbonyl (C=O) groups excluding carboxylic acids is 1. The van der Waals surface area contributed by atoms with E-state index in [1.807, 2.05) is 13.0 Å². The van der Waals surface area contributed by atoms with Crippen LogP contribution in [-0.2, 0) is 10.9 Å². The molecule has 0 atom stereocenters. The van der Waals surface area contributed by atoms with Crippen molar-refractivity contribution in [3.63, 3.8) is 0 Å². The first-order chi connectivity index (χ1) is 16.3. The minimum atomic E-state index is -4.37. The minimum Gasteiger partial charge on any atom is -0.443 e. The lowest BCUT2D eigenvalue weighted by Gasteiger charge is -2.25. The number of aryl methyl sites for hydroxylation is 1. The van der Waals surface area contributed by atoms with Gasteiger partial charge >= 0.3 is 12.3 Å². The molecule has 0 saturated carbocycles. The predicted octanol–water partition coefficient (Wildman–Crippen LogP) is 7.32. The molecule has 1 heterocycles. The van der Waals surface area contributed by atoms with Crippen molar-refractivity contribution in [1.82, 2.24) is 4.98 Å². The van der Waals surface area contributed by atoms with Crippen LogP contribution in [0.1, 0.15) is 37.5 Å². The molecule has 0 radical (unpaired) electrons. The Bertz CT molecular complexity index is 1200. The maximum Gasteiger partial charge on any atom is 0.416 e. The van der Waals surface area contributed by atoms with Crippen LogP contribution in [0.3, 0.4) is 0 Å². The van der Waals surface area contributed by atoms with E-state index >= 15 is 0 Å². The molecule has 0 unspecified atom stereocenters. The van der Waals surface area contributed by atoms with Crippen molar-refractivity contribution in [3.8, 4) is 11.6 Å². The number of benzene rings is 2. The zero-order chi connectivity index (χ0) is 25.8. The number of alkyl halides is 3. The third-order valence-corrected chi connectivity index (χ3v) is 4.75. The summed E-state index contributed by atoms with van der Waals surface area (Å²) < 4.78 is 49.2. The molecule has 0 aliphatic rings. The number of hydrogen-bond acceptors (Lipinski definition) is 5. The van der Waals surface area contributed by atoms with Crippen molar-refractivity contribution in [2.45, 2.75) is 39.5 Å². The molecule has 0 spiro atoms. The van der Waals surface area contributed by atoms with Crippen molar-refractivity contribution >= 4 is 23.7 Å². The van der Waals surface area contributed by atoms with Crippen LogP contribution >= 0.6 is 0 Å². The first-order valence-corrected chi connectivity index (χ1v) is 10.7. The van der Waals surface area contributed by atoms with E-state index in [-0.39, 0.29) is 0 Å². The van der Waals surface area contributed by atoms with Crippen LogP contribution in [0.15, 0.2) is 65.8 Å². The third kappa shape index (κ3) is 7.30. The molecule has 3 rings (SSSR count). The van der Waals surface area contributed by atoms with Gasteiger partial charge in [-0.2, -0.15) is 13.2 Å². The maximum absolute atomic E-state index is 12.7. The van der Waals surface area contributed by atoms with Gasteiger partial charge in [0.1, 0.15) is 11.4 Å². The van der Waals surface area contributed by atoms with Gasteiger partial charge in [0.15, 0.2) is 0 Å². The summed E-state index contributed by atoms with van der Waals surface area (Å²) in [5, 5.41) is 0. The molecule has 0 N–H and O–H groups in total. The smallest absolute Gasteiger partial charge is 0.416 e. The number of hydrogen-bond donors (Lipinski definition) is 0. The van der Waals surface area contributed by atoms with Gasteiger partial charge in [-0.15, -0.1) is 0 Å². The molecule has 0 fully saturated rings. The number of nitrogens with zero attached hydrogens (tertiary/aromatic N) is 3. The van der Waals surface area contributed by atoms with Crippen LogP contribution in [0, 0.1) is 6.92 Å². The lowest BCUT2D eigenvalue weighted by atomic mass is 10.1. The quantitative estimate of drug-likeness (QED) is 0.355. The highest BCUT2D eigenvalue weighted by atomic mass is 19.4. The predicted molar refractivity (Wildman–Crippen MR) is 129 cm³/mol. The summed E-state index contributed by atoms with van der Waals surface area (Å²) in [4.78, 5) is 22.2. The summed E-state index contributed by atoms with van der Waals surface area (Å²) in [5.74, 6) is 0.912. The van der Waals surface area contributed by atoms with E-state index in [9.17, 15) is 18.0 Å². The Labute approximate surface area is 202 Å². The zero-order valence-electron chi connectivity index (χ0n) is 20.1. The van der Waals surface area contributed by atoms with Gasteiger partial charge in [-0.05, 0) is 75.2 Å². The van der Waals surface area contributed by atoms with Gasteiger partial charge in [-0.1, -0.05) is 12.1 Å². The second-order valence-electron chi connectivity index (χ2n) is 8.82. The van der Waals surface area contributed by atoms with Crippen molar-refractivity contribution < 1.29 is 27.4 Å². The van der Waals surface area contributed by atoms with Crippen LogP contribution < -0.4 is 9.64 Å². The van der Waals surface area contributed by atoms with Crippen molar-refractivity contribution in [2.75, 3.05) is 11.9 Å². The Kier molecular flexibility index (Phi) is 7.48. The van der Waals surface area contributed by atoms with E-state index in [4.69, 9.17) is 9.47 Å². The van der Waals surface area contributed by atoms with Crippen molar-refractivity contribution in [1.29, 1.82) is 0 Å². The van der Waals surface area contributed by atoms with Crippen LogP contribution in [0.2, 0.25) is 0 Å². The zero-order valence-corrected chi connectivity index (χ0v) is 20.1. The fraction of sp³-hybridized carbons (Fsp3) is 0.269. The average Bonchev–Trinajstić information content (AvgIpc) is 2.78. The summed E-state index contributed by atoms with van der Waals surface area (Å²) in [5.41, 5.74) is 1.20. The summed E-state index contributed by atoms with van der Waals surface area (Å²) in [6, 6.07) is 13.3. The molecule has 1 amide bonds. The molecule has 3 aromatic rings. The number of aliphatic imine (C=N–C) groups is 1. The first-order valence-electron chi connectivity index (χ1n) is 10.7. The number of ether oxygens (including phenoxy) is 2. The second-order valence-corrected chi connectivity index (χ2v) is 8.82. The fourth-order valence-electron chi connectivity index (χ4n) is 2.92. The van der Waals surface area contributed by atoms with Crippen LogP contribution in [0.4, 0.5) is 29.3 Å². The monoisotopic (exact) mass is 485 g/mol. The summed E-state index contributed by atoms with van der Waals surface area (Å²) in [7, 11) is 1.63. The normalized spacial score (nSPS) is 12.0. The molecule has 184 valence electrons. The van der Waals surface area contributed by atoms with Gasteiger partial charge < -0.3 is 9.47 Å². The van der Waals surface area contributed by atoms with E-state index in [2.05, 4.69) is 9.98 Å². The van der Waals surface area contributed by atoms with E-state index < -0.39 is 23.4 Å². The maximum atomic E-state index is 12.7. The van der Waals surface area contributed by atoms with Crippen molar-refractivity contribution in [3.05, 3.63) is 77.5 Å². The summed E-state index contributed by atoms with van der Waals surface area (Å²) in [6.07, 6.45) is -1.88. The second kappa shape index (κ2) is 10.2. The number of anilines is 1. The number of amides is 1. The standard InChI is InChI=1S/C26H26F3N3O3/c1-17-14-21(32(5)24(33)35-25(2,3)4)11-12-22(17)34-23-13-10-20(16-31-23)30-15-18-6-8-19(9-7-18)26(27,28)29/h6-16H,1-5H3. The van der Waals surface area contributed by atoms with Gasteiger partial charge in [0.05, 0.1) is 17.4 Å². The number of carbonyl (C=O) groups is 1. The van der Waals surface area contributed by atoms with E-state index in [1.165, 1.54) is 29.4 Å². The molecule has 1 aromatic heterocycles. The highest BCUT2D eigenvalue weighted by Crippen LogP contribution is 2.30. The minimum absolute atomic E-state index is 0.342. The molecule has 35 heavy (non-hydrogen) atoms. The SMILES string of the molecule is Cc1cc(N(C)C(=O)OC(C)(C)C)ccc1Oc1ccc(N=Cc2ccc(C(F)(F)F)cc2)cn1. The van der Waals surface area contributed by atoms with E-state index in [1.54, 1.807) is 52.1 Å². The Balaban J connectivity index is 1.64. The number of halogens is 3. The number of aromatic nitrogens is 1. The van der Waals surface area contributed by atoms with Crippen LogP contribution in [0.25, 0.3) is 0 Å². The van der Waals surface area contributed by atoms with Gasteiger partial charge in [0.25, 0.3) is 0 Å². The van der Waals surface area contributed by atoms with Crippen LogP contribution in [0.5, 0.6) is 11.6 Å². The third-order valence-electron chi connectivity index (χ3n) is 4.75. The molecule has 2 aromatic carbocycles. The van der Waals surface area contributed by atoms with Crippen LogP contribution in [-0.4, -0.2) is 29.9 Å². The fourth-order valence-corrected chi connectivity index (χ4v) is 2.92. The molecule has 0 saturated heterocycles. The first kappa shape index (κ1) is 25.7. The molecular formula is C26H26F3N3O3. The van der Waals surface area contributed by atoms with Gasteiger partial charge in [-0.25, -0.2) is 9.78 Å². The van der Waals surface area contributed by atoms with Gasteiger partial charge in [0.2, 0.25) is 5.88 Å². The topological polar surface area (TPSA) is 64.0 Å². The molecule has 6 nitrogen and oxygen atoms in total. The van der Waals surface area contributed by atoms with Crippen molar-refractivity contribution in [2.24, 2.45) is 4.99 Å². The largest absolute Gasteiger partial charge is 0.443 e. The molecule has 9 heteroatoms. The number of pyridine rings is 1. The Morgan fingerprint density at radius 1 is 1.03 bits per heavy atom. The van der Waals surface area contributed by atoms with Gasteiger partial charge in [-0.3, -0.25) is 9.89 Å².